The first-order valence-electron chi connectivity index (χ1n) is 5.92. The molecule has 1 aromatic rings. The van der Waals surface area contributed by atoms with Gasteiger partial charge in [-0.15, -0.1) is 0 Å². The van der Waals surface area contributed by atoms with Crippen molar-refractivity contribution in [1.29, 1.82) is 0 Å². The molecular formula is C13H16FNO3. The number of nitrogens with zero attached hydrogens (tertiary/aromatic N) is 1. The molecule has 0 heterocycles. The van der Waals surface area contributed by atoms with E-state index in [-0.39, 0.29) is 5.56 Å². The van der Waals surface area contributed by atoms with Crippen molar-refractivity contribution in [2.24, 2.45) is 0 Å². The average Bonchev–Trinajstić information content (AvgIpc) is 3.13. The number of aromatic carboxylic acids is 1. The highest BCUT2D eigenvalue weighted by molar-refractivity contribution is 5.95. The number of benzene rings is 1. The van der Waals surface area contributed by atoms with Gasteiger partial charge in [0.05, 0.1) is 12.3 Å². The minimum absolute atomic E-state index is 0.250. The van der Waals surface area contributed by atoms with Crippen molar-refractivity contribution in [3.8, 4) is 0 Å². The van der Waals surface area contributed by atoms with Gasteiger partial charge in [-0.2, -0.15) is 0 Å². The molecule has 0 bridgehead atoms. The zero-order chi connectivity index (χ0) is 13.1. The number of hydrogen-bond acceptors (Lipinski definition) is 3. The lowest BCUT2D eigenvalue weighted by Gasteiger charge is -2.26. The Labute approximate surface area is 105 Å². The van der Waals surface area contributed by atoms with Crippen LogP contribution in [-0.2, 0) is 4.74 Å². The van der Waals surface area contributed by atoms with Crippen molar-refractivity contribution >= 4 is 11.7 Å². The number of carboxylic acids is 1. The molecule has 1 aliphatic rings. The smallest absolute Gasteiger partial charge is 0.340 e. The van der Waals surface area contributed by atoms with E-state index in [0.29, 0.717) is 24.9 Å². The van der Waals surface area contributed by atoms with Gasteiger partial charge in [-0.25, -0.2) is 9.18 Å². The molecule has 1 saturated carbocycles. The third-order valence-electron chi connectivity index (χ3n) is 3.04. The zero-order valence-corrected chi connectivity index (χ0v) is 10.2. The lowest BCUT2D eigenvalue weighted by molar-refractivity contribution is 0.0692. The largest absolute Gasteiger partial charge is 0.478 e. The summed E-state index contributed by atoms with van der Waals surface area (Å²) >= 11 is 0. The first-order valence-corrected chi connectivity index (χ1v) is 5.92. The summed E-state index contributed by atoms with van der Waals surface area (Å²) in [6.07, 6.45) is 2.03. The number of carbonyl (C=O) groups is 1. The summed E-state index contributed by atoms with van der Waals surface area (Å²) in [6.45, 7) is 1.07. The molecule has 1 aromatic carbocycles. The van der Waals surface area contributed by atoms with Gasteiger partial charge in [-0.3, -0.25) is 0 Å². The van der Waals surface area contributed by atoms with Gasteiger partial charge in [-0.05, 0) is 25.0 Å². The van der Waals surface area contributed by atoms with Crippen molar-refractivity contribution in [1.82, 2.24) is 0 Å². The lowest BCUT2D eigenvalue weighted by Crippen LogP contribution is -2.31. The summed E-state index contributed by atoms with van der Waals surface area (Å²) in [6, 6.07) is 4.67. The first kappa shape index (κ1) is 12.8. The lowest BCUT2D eigenvalue weighted by atomic mass is 10.1. The standard InChI is InChI=1S/C13H16FNO3/c1-18-8-7-15(9-5-6-9)11-4-2-3-10(14)12(11)13(16)17/h2-4,9H,5-8H2,1H3,(H,16,17). The molecule has 1 N–H and O–H groups in total. The Morgan fingerprint density at radius 2 is 2.28 bits per heavy atom. The van der Waals surface area contributed by atoms with Crippen LogP contribution in [0.5, 0.6) is 0 Å². The fourth-order valence-electron chi connectivity index (χ4n) is 2.04. The number of ether oxygens (including phenoxy) is 1. The first-order chi connectivity index (χ1) is 8.65. The van der Waals surface area contributed by atoms with E-state index in [9.17, 15) is 9.18 Å². The van der Waals surface area contributed by atoms with Gasteiger partial charge >= 0.3 is 5.97 Å². The van der Waals surface area contributed by atoms with Crippen LogP contribution in [0, 0.1) is 5.82 Å². The normalized spacial score (nSPS) is 14.6. The van der Waals surface area contributed by atoms with Crippen molar-refractivity contribution in [3.63, 3.8) is 0 Å². The van der Waals surface area contributed by atoms with E-state index in [4.69, 9.17) is 9.84 Å². The van der Waals surface area contributed by atoms with Crippen LogP contribution in [0.25, 0.3) is 0 Å². The second-order valence-corrected chi connectivity index (χ2v) is 4.36. The molecule has 0 aliphatic heterocycles. The van der Waals surface area contributed by atoms with Crippen LogP contribution in [0.2, 0.25) is 0 Å². The molecule has 0 radical (unpaired) electrons. The average molecular weight is 253 g/mol. The minimum atomic E-state index is -1.23. The fourth-order valence-corrected chi connectivity index (χ4v) is 2.04. The Morgan fingerprint density at radius 3 is 2.83 bits per heavy atom. The van der Waals surface area contributed by atoms with Crippen LogP contribution in [0.4, 0.5) is 10.1 Å². The predicted octanol–water partition coefficient (Wildman–Crippen LogP) is 2.14. The summed E-state index contributed by atoms with van der Waals surface area (Å²) in [7, 11) is 1.59. The van der Waals surface area contributed by atoms with Crippen LogP contribution >= 0.6 is 0 Å². The molecule has 2 rings (SSSR count). The Balaban J connectivity index is 2.34. The summed E-state index contributed by atoms with van der Waals surface area (Å²) in [5.41, 5.74) is 0.197. The summed E-state index contributed by atoms with van der Waals surface area (Å²) in [5, 5.41) is 9.13. The number of hydrogen-bond donors (Lipinski definition) is 1. The molecule has 0 aromatic heterocycles. The maximum Gasteiger partial charge on any atom is 0.340 e. The SMILES string of the molecule is COCCN(c1cccc(F)c1C(=O)O)C1CC1. The van der Waals surface area contributed by atoms with Crippen molar-refractivity contribution < 1.29 is 19.0 Å². The van der Waals surface area contributed by atoms with E-state index < -0.39 is 11.8 Å². The van der Waals surface area contributed by atoms with E-state index in [1.165, 1.54) is 6.07 Å². The number of rotatable bonds is 6. The second kappa shape index (κ2) is 5.35. The summed E-state index contributed by atoms with van der Waals surface area (Å²) in [5.74, 6) is -1.92. The van der Waals surface area contributed by atoms with E-state index in [1.54, 1.807) is 19.2 Å². The zero-order valence-electron chi connectivity index (χ0n) is 10.2. The molecule has 4 nitrogen and oxygen atoms in total. The highest BCUT2D eigenvalue weighted by Gasteiger charge is 2.32. The van der Waals surface area contributed by atoms with Gasteiger partial charge in [0, 0.05) is 19.7 Å². The van der Waals surface area contributed by atoms with Gasteiger partial charge in [0.1, 0.15) is 11.4 Å². The topological polar surface area (TPSA) is 49.8 Å². The molecule has 0 unspecified atom stereocenters. The number of carboxylic acid groups (broad SMARTS) is 1. The second-order valence-electron chi connectivity index (χ2n) is 4.36. The monoisotopic (exact) mass is 253 g/mol. The fraction of sp³-hybridized carbons (Fsp3) is 0.462. The maximum atomic E-state index is 13.6. The molecule has 5 heteroatoms. The third kappa shape index (κ3) is 2.61. The Kier molecular flexibility index (Phi) is 3.81. The van der Waals surface area contributed by atoms with Gasteiger partial charge in [-0.1, -0.05) is 6.07 Å². The summed E-state index contributed by atoms with van der Waals surface area (Å²) < 4.78 is 18.6. The number of anilines is 1. The Bertz CT molecular complexity index is 446. The Hall–Kier alpha value is -1.62. The number of halogens is 1. The number of methoxy groups -OCH3 is 1. The maximum absolute atomic E-state index is 13.6. The third-order valence-corrected chi connectivity index (χ3v) is 3.04. The van der Waals surface area contributed by atoms with Crippen molar-refractivity contribution in [3.05, 3.63) is 29.6 Å². The Morgan fingerprint density at radius 1 is 1.56 bits per heavy atom. The van der Waals surface area contributed by atoms with Crippen LogP contribution in [0.15, 0.2) is 18.2 Å². The van der Waals surface area contributed by atoms with Crippen molar-refractivity contribution in [2.75, 3.05) is 25.2 Å². The molecular weight excluding hydrogens is 237 g/mol. The van der Waals surface area contributed by atoms with Gasteiger partial charge in [0.15, 0.2) is 0 Å². The van der Waals surface area contributed by atoms with Crippen LogP contribution < -0.4 is 4.90 Å². The molecule has 18 heavy (non-hydrogen) atoms. The molecule has 1 aliphatic carbocycles. The van der Waals surface area contributed by atoms with E-state index in [1.807, 2.05) is 4.90 Å². The van der Waals surface area contributed by atoms with Crippen LogP contribution in [0.3, 0.4) is 0 Å². The molecule has 0 spiro atoms. The molecule has 98 valence electrons. The molecule has 0 amide bonds. The van der Waals surface area contributed by atoms with E-state index >= 15 is 0 Å². The van der Waals surface area contributed by atoms with E-state index in [0.717, 1.165) is 12.8 Å². The highest BCUT2D eigenvalue weighted by atomic mass is 19.1. The quantitative estimate of drug-likeness (QED) is 0.843. The van der Waals surface area contributed by atoms with Gasteiger partial charge < -0.3 is 14.7 Å². The van der Waals surface area contributed by atoms with Crippen LogP contribution in [0.1, 0.15) is 23.2 Å². The highest BCUT2D eigenvalue weighted by Crippen LogP contribution is 2.34. The van der Waals surface area contributed by atoms with E-state index in [2.05, 4.69) is 0 Å². The van der Waals surface area contributed by atoms with Crippen LogP contribution in [-0.4, -0.2) is 37.4 Å². The molecule has 1 fully saturated rings. The van der Waals surface area contributed by atoms with Crippen molar-refractivity contribution in [2.45, 2.75) is 18.9 Å². The van der Waals surface area contributed by atoms with Gasteiger partial charge in [0.25, 0.3) is 0 Å². The minimum Gasteiger partial charge on any atom is -0.478 e. The van der Waals surface area contributed by atoms with Gasteiger partial charge in [0.2, 0.25) is 0 Å². The molecule has 0 atom stereocenters. The predicted molar refractivity (Wildman–Crippen MR) is 65.6 cm³/mol. The summed E-state index contributed by atoms with van der Waals surface area (Å²) in [4.78, 5) is 13.1. The molecule has 0 saturated heterocycles.